The molecule has 0 aliphatic heterocycles. The first-order chi connectivity index (χ1) is 10.6. The lowest BCUT2D eigenvalue weighted by atomic mass is 10.0. The van der Waals surface area contributed by atoms with Gasteiger partial charge in [0.2, 0.25) is 5.91 Å². The highest BCUT2D eigenvalue weighted by molar-refractivity contribution is 5.90. The second-order valence-corrected chi connectivity index (χ2v) is 5.42. The van der Waals surface area contributed by atoms with Crippen LogP contribution in [0.5, 0.6) is 5.75 Å². The van der Waals surface area contributed by atoms with E-state index in [1.54, 1.807) is 0 Å². The number of carbonyl (C=O) groups excluding carboxylic acids is 1. The zero-order chi connectivity index (χ0) is 15.9. The Labute approximate surface area is 132 Å². The van der Waals surface area contributed by atoms with Crippen LogP contribution in [0.25, 0.3) is 0 Å². The van der Waals surface area contributed by atoms with Gasteiger partial charge < -0.3 is 10.1 Å². The molecule has 0 radical (unpaired) electrons. The van der Waals surface area contributed by atoms with Gasteiger partial charge >= 0.3 is 0 Å². The van der Waals surface area contributed by atoms with Gasteiger partial charge in [0.15, 0.2) is 0 Å². The molecular weight excluding hydrogens is 274 g/mol. The normalized spacial score (nSPS) is 10.3. The summed E-state index contributed by atoms with van der Waals surface area (Å²) < 4.78 is 5.38. The molecule has 2 rings (SSSR count). The molecule has 0 aromatic heterocycles. The lowest BCUT2D eigenvalue weighted by Crippen LogP contribution is -2.12. The van der Waals surface area contributed by atoms with E-state index in [0.29, 0.717) is 13.0 Å². The fourth-order valence-electron chi connectivity index (χ4n) is 2.24. The van der Waals surface area contributed by atoms with E-state index in [-0.39, 0.29) is 5.91 Å². The van der Waals surface area contributed by atoms with Crippen molar-refractivity contribution in [3.05, 3.63) is 59.2 Å². The van der Waals surface area contributed by atoms with E-state index in [1.807, 2.05) is 31.2 Å². The monoisotopic (exact) mass is 297 g/mol. The number of rotatable bonds is 6. The summed E-state index contributed by atoms with van der Waals surface area (Å²) in [6.45, 7) is 6.78. The molecule has 0 aliphatic rings. The molecule has 22 heavy (non-hydrogen) atoms. The van der Waals surface area contributed by atoms with Crippen LogP contribution >= 0.6 is 0 Å². The lowest BCUT2D eigenvalue weighted by molar-refractivity contribution is -0.116. The average Bonchev–Trinajstić information content (AvgIpc) is 2.51. The highest BCUT2D eigenvalue weighted by atomic mass is 16.5. The number of hydrogen-bond acceptors (Lipinski definition) is 2. The first-order valence-corrected chi connectivity index (χ1v) is 7.67. The standard InChI is InChI=1S/C19H23NO2/c1-4-22-18-10-8-17(9-11-18)20-19(21)12-7-16-6-5-14(2)15(3)13-16/h5-6,8-11,13H,4,7,12H2,1-3H3,(H,20,21). The van der Waals surface area contributed by atoms with E-state index in [0.717, 1.165) is 17.9 Å². The van der Waals surface area contributed by atoms with E-state index in [2.05, 4.69) is 37.4 Å². The maximum absolute atomic E-state index is 12.0. The van der Waals surface area contributed by atoms with Crippen LogP contribution in [0, 0.1) is 13.8 Å². The zero-order valence-electron chi connectivity index (χ0n) is 13.5. The van der Waals surface area contributed by atoms with Crippen molar-refractivity contribution in [2.24, 2.45) is 0 Å². The van der Waals surface area contributed by atoms with Crippen molar-refractivity contribution in [3.8, 4) is 5.75 Å². The molecule has 1 amide bonds. The van der Waals surface area contributed by atoms with Gasteiger partial charge in [0.05, 0.1) is 6.61 Å². The number of hydrogen-bond donors (Lipinski definition) is 1. The number of carbonyl (C=O) groups is 1. The highest BCUT2D eigenvalue weighted by Gasteiger charge is 2.04. The number of ether oxygens (including phenoxy) is 1. The van der Waals surface area contributed by atoms with Crippen LogP contribution in [-0.4, -0.2) is 12.5 Å². The SMILES string of the molecule is CCOc1ccc(NC(=O)CCc2ccc(C)c(C)c2)cc1. The molecule has 0 bridgehead atoms. The fourth-order valence-corrected chi connectivity index (χ4v) is 2.24. The molecule has 0 saturated carbocycles. The van der Waals surface area contributed by atoms with Crippen LogP contribution in [0.1, 0.15) is 30.0 Å². The van der Waals surface area contributed by atoms with Gasteiger partial charge in [0.1, 0.15) is 5.75 Å². The van der Waals surface area contributed by atoms with Gasteiger partial charge in [-0.05, 0) is 68.1 Å². The Morgan fingerprint density at radius 1 is 1.05 bits per heavy atom. The first-order valence-electron chi connectivity index (χ1n) is 7.67. The molecule has 0 atom stereocenters. The van der Waals surface area contributed by atoms with Gasteiger partial charge in [0.25, 0.3) is 0 Å². The van der Waals surface area contributed by atoms with E-state index >= 15 is 0 Å². The Kier molecular flexibility index (Phi) is 5.59. The molecule has 0 heterocycles. The molecule has 0 fully saturated rings. The van der Waals surface area contributed by atoms with E-state index < -0.39 is 0 Å². The van der Waals surface area contributed by atoms with E-state index in [1.165, 1.54) is 16.7 Å². The predicted molar refractivity (Wildman–Crippen MR) is 90.5 cm³/mol. The summed E-state index contributed by atoms with van der Waals surface area (Å²) in [5.74, 6) is 0.845. The molecular formula is C19H23NO2. The Morgan fingerprint density at radius 2 is 1.77 bits per heavy atom. The molecule has 3 heteroatoms. The molecule has 116 valence electrons. The van der Waals surface area contributed by atoms with Gasteiger partial charge in [-0.15, -0.1) is 0 Å². The Morgan fingerprint density at radius 3 is 2.41 bits per heavy atom. The smallest absolute Gasteiger partial charge is 0.224 e. The molecule has 3 nitrogen and oxygen atoms in total. The minimum atomic E-state index is 0.0300. The average molecular weight is 297 g/mol. The number of aryl methyl sites for hydroxylation is 3. The van der Waals surface area contributed by atoms with Gasteiger partial charge in [-0.2, -0.15) is 0 Å². The van der Waals surface area contributed by atoms with Crippen molar-refractivity contribution < 1.29 is 9.53 Å². The van der Waals surface area contributed by atoms with E-state index in [9.17, 15) is 4.79 Å². The molecule has 0 saturated heterocycles. The summed E-state index contributed by atoms with van der Waals surface area (Å²) in [4.78, 5) is 12.0. The van der Waals surface area contributed by atoms with Crippen molar-refractivity contribution in [2.75, 3.05) is 11.9 Å². The zero-order valence-corrected chi connectivity index (χ0v) is 13.5. The maximum Gasteiger partial charge on any atom is 0.224 e. The lowest BCUT2D eigenvalue weighted by Gasteiger charge is -2.08. The van der Waals surface area contributed by atoms with Crippen molar-refractivity contribution in [1.82, 2.24) is 0 Å². The number of anilines is 1. The molecule has 0 unspecified atom stereocenters. The Balaban J connectivity index is 1.85. The van der Waals surface area contributed by atoms with E-state index in [4.69, 9.17) is 4.74 Å². The molecule has 1 N–H and O–H groups in total. The van der Waals surface area contributed by atoms with Gasteiger partial charge in [-0.25, -0.2) is 0 Å². The summed E-state index contributed by atoms with van der Waals surface area (Å²) in [6.07, 6.45) is 1.24. The fraction of sp³-hybridized carbons (Fsp3) is 0.316. The minimum absolute atomic E-state index is 0.0300. The summed E-state index contributed by atoms with van der Waals surface area (Å²) in [5.41, 5.74) is 4.55. The summed E-state index contributed by atoms with van der Waals surface area (Å²) >= 11 is 0. The Bertz CT molecular complexity index is 632. The maximum atomic E-state index is 12.0. The predicted octanol–water partition coefficient (Wildman–Crippen LogP) is 4.27. The minimum Gasteiger partial charge on any atom is -0.494 e. The van der Waals surface area contributed by atoms with Crippen molar-refractivity contribution in [2.45, 2.75) is 33.6 Å². The van der Waals surface area contributed by atoms with Crippen molar-refractivity contribution >= 4 is 11.6 Å². The topological polar surface area (TPSA) is 38.3 Å². The third-order valence-corrected chi connectivity index (χ3v) is 3.66. The number of nitrogens with one attached hydrogen (secondary N) is 1. The quantitative estimate of drug-likeness (QED) is 0.864. The van der Waals surface area contributed by atoms with Crippen molar-refractivity contribution in [3.63, 3.8) is 0 Å². The molecule has 2 aromatic rings. The number of amides is 1. The second-order valence-electron chi connectivity index (χ2n) is 5.42. The van der Waals surface area contributed by atoms with Crippen LogP contribution in [0.3, 0.4) is 0 Å². The van der Waals surface area contributed by atoms with Crippen LogP contribution in [0.15, 0.2) is 42.5 Å². The van der Waals surface area contributed by atoms with Crippen LogP contribution in [0.2, 0.25) is 0 Å². The summed E-state index contributed by atoms with van der Waals surface area (Å²) in [7, 11) is 0. The Hall–Kier alpha value is -2.29. The van der Waals surface area contributed by atoms with Gasteiger partial charge in [-0.1, -0.05) is 18.2 Å². The third-order valence-electron chi connectivity index (χ3n) is 3.66. The van der Waals surface area contributed by atoms with Crippen LogP contribution < -0.4 is 10.1 Å². The summed E-state index contributed by atoms with van der Waals surface area (Å²) in [6, 6.07) is 13.8. The van der Waals surface area contributed by atoms with Gasteiger partial charge in [0, 0.05) is 12.1 Å². The molecule has 2 aromatic carbocycles. The van der Waals surface area contributed by atoms with Crippen LogP contribution in [-0.2, 0) is 11.2 Å². The van der Waals surface area contributed by atoms with Crippen LogP contribution in [0.4, 0.5) is 5.69 Å². The molecule has 0 aliphatic carbocycles. The second kappa shape index (κ2) is 7.64. The third kappa shape index (κ3) is 4.62. The number of benzene rings is 2. The largest absolute Gasteiger partial charge is 0.494 e. The first kappa shape index (κ1) is 16.1. The summed E-state index contributed by atoms with van der Waals surface area (Å²) in [5, 5.41) is 2.91. The van der Waals surface area contributed by atoms with Gasteiger partial charge in [-0.3, -0.25) is 4.79 Å². The van der Waals surface area contributed by atoms with Crippen molar-refractivity contribution in [1.29, 1.82) is 0 Å². The highest BCUT2D eigenvalue weighted by Crippen LogP contribution is 2.16. The molecule has 0 spiro atoms.